The second-order valence-corrected chi connectivity index (χ2v) is 9.70. The van der Waals surface area contributed by atoms with Crippen LogP contribution in [0.1, 0.15) is 110 Å². The fourth-order valence-electron chi connectivity index (χ4n) is 4.03. The minimum absolute atomic E-state index is 0.228. The van der Waals surface area contributed by atoms with Crippen molar-refractivity contribution in [3.63, 3.8) is 0 Å². The lowest BCUT2D eigenvalue weighted by Crippen LogP contribution is -2.23. The molecule has 0 fully saturated rings. The van der Waals surface area contributed by atoms with E-state index in [1.165, 1.54) is 12.8 Å². The van der Waals surface area contributed by atoms with Crippen LogP contribution in [0.25, 0.3) is 0 Å². The van der Waals surface area contributed by atoms with E-state index < -0.39 is 0 Å². The van der Waals surface area contributed by atoms with Gasteiger partial charge in [-0.25, -0.2) is 0 Å². The number of carbonyl (C=O) groups excluding carboxylic acids is 2. The van der Waals surface area contributed by atoms with Crippen molar-refractivity contribution < 1.29 is 19.1 Å². The van der Waals surface area contributed by atoms with Crippen molar-refractivity contribution in [1.29, 1.82) is 0 Å². The van der Waals surface area contributed by atoms with Crippen molar-refractivity contribution >= 4 is 23.2 Å². The second-order valence-electron chi connectivity index (χ2n) is 8.68. The quantitative estimate of drug-likeness (QED) is 0.407. The molecule has 182 valence electrons. The summed E-state index contributed by atoms with van der Waals surface area (Å²) in [6.07, 6.45) is 16.3. The largest absolute Gasteiger partial charge is 0.488 e. The first-order valence-electron chi connectivity index (χ1n) is 12.6. The van der Waals surface area contributed by atoms with Gasteiger partial charge in [-0.1, -0.05) is 38.8 Å². The molecule has 0 atom stereocenters. The number of rotatable bonds is 10. The molecule has 6 nitrogen and oxygen atoms in total. The first-order chi connectivity index (χ1) is 16.1. The Bertz CT molecular complexity index is 803. The predicted molar refractivity (Wildman–Crippen MR) is 133 cm³/mol. The average molecular weight is 475 g/mol. The van der Waals surface area contributed by atoms with Gasteiger partial charge in [0.05, 0.1) is 13.2 Å². The Morgan fingerprint density at radius 1 is 0.758 bits per heavy atom. The van der Waals surface area contributed by atoms with Crippen molar-refractivity contribution in [3.05, 3.63) is 33.3 Å². The van der Waals surface area contributed by atoms with Gasteiger partial charge in [0, 0.05) is 11.4 Å². The van der Waals surface area contributed by atoms with Crippen molar-refractivity contribution in [2.24, 2.45) is 0 Å². The van der Waals surface area contributed by atoms with Gasteiger partial charge in [-0.3, -0.25) is 9.59 Å². The lowest BCUT2D eigenvalue weighted by molar-refractivity contribution is 0.0954. The van der Waals surface area contributed by atoms with Gasteiger partial charge in [-0.15, -0.1) is 11.3 Å². The molecule has 1 aromatic heterocycles. The van der Waals surface area contributed by atoms with Gasteiger partial charge in [0.1, 0.15) is 9.75 Å². The molecule has 2 aliphatic carbocycles. The zero-order valence-electron chi connectivity index (χ0n) is 20.1. The molecule has 0 bridgehead atoms. The van der Waals surface area contributed by atoms with E-state index in [-0.39, 0.29) is 11.8 Å². The Hall–Kier alpha value is -2.28. The highest BCUT2D eigenvalue weighted by Crippen LogP contribution is 2.43. The van der Waals surface area contributed by atoms with Gasteiger partial charge in [-0.05, 0) is 64.2 Å². The van der Waals surface area contributed by atoms with Crippen LogP contribution < -0.4 is 20.1 Å². The molecule has 0 spiro atoms. The maximum Gasteiger partial charge on any atom is 0.269 e. The van der Waals surface area contributed by atoms with Crippen LogP contribution in [0.5, 0.6) is 11.5 Å². The Kier molecular flexibility index (Phi) is 10.3. The van der Waals surface area contributed by atoms with Crippen molar-refractivity contribution in [2.75, 3.05) is 13.2 Å². The second kappa shape index (κ2) is 13.4. The van der Waals surface area contributed by atoms with Crippen molar-refractivity contribution in [2.45, 2.75) is 90.9 Å². The number of allylic oxidation sites excluding steroid dienone is 4. The van der Waals surface area contributed by atoms with E-state index >= 15 is 0 Å². The third-order valence-electron chi connectivity index (χ3n) is 5.77. The lowest BCUT2D eigenvalue weighted by atomic mass is 10.2. The van der Waals surface area contributed by atoms with E-state index in [9.17, 15) is 9.59 Å². The van der Waals surface area contributed by atoms with E-state index in [1.54, 1.807) is 0 Å². The summed E-state index contributed by atoms with van der Waals surface area (Å²) < 4.78 is 12.0. The standard InChI is InChI=1S/C26H38N2O4S/c1-3-17-31-21-22(32-18-4-2)24(26(30)28-20-15-11-7-8-12-16-20)33-23(21)25(29)27-19-13-9-5-6-10-14-19/h13,15H,3-12,14,16-18H2,1-2H3,(H,27,29)(H,28,30). The zero-order chi connectivity index (χ0) is 23.5. The molecule has 0 aromatic carbocycles. The Morgan fingerprint density at radius 2 is 1.21 bits per heavy atom. The summed E-state index contributed by atoms with van der Waals surface area (Å²) in [5.41, 5.74) is 1.91. The van der Waals surface area contributed by atoms with Crippen LogP contribution in [-0.2, 0) is 0 Å². The van der Waals surface area contributed by atoms with Crippen molar-refractivity contribution in [3.8, 4) is 11.5 Å². The molecule has 2 N–H and O–H groups in total. The third-order valence-corrected chi connectivity index (χ3v) is 6.92. The normalized spacial score (nSPS) is 16.7. The molecule has 2 aliphatic rings. The fraction of sp³-hybridized carbons (Fsp3) is 0.615. The van der Waals surface area contributed by atoms with Crippen LogP contribution in [-0.4, -0.2) is 25.0 Å². The number of hydrogen-bond donors (Lipinski definition) is 2. The van der Waals surface area contributed by atoms with E-state index in [0.717, 1.165) is 86.9 Å². The number of thiophene rings is 1. The summed E-state index contributed by atoms with van der Waals surface area (Å²) in [4.78, 5) is 27.4. The number of ether oxygens (including phenoxy) is 2. The first-order valence-corrected chi connectivity index (χ1v) is 13.4. The summed E-state index contributed by atoms with van der Waals surface area (Å²) in [6.45, 7) is 4.94. The third kappa shape index (κ3) is 7.36. The summed E-state index contributed by atoms with van der Waals surface area (Å²) in [6, 6.07) is 0. The summed E-state index contributed by atoms with van der Waals surface area (Å²) in [5.74, 6) is 0.325. The molecule has 3 rings (SSSR count). The molecule has 0 unspecified atom stereocenters. The highest BCUT2D eigenvalue weighted by Gasteiger charge is 2.30. The number of amides is 2. The monoisotopic (exact) mass is 474 g/mol. The maximum absolute atomic E-state index is 13.3. The van der Waals surface area contributed by atoms with E-state index in [1.807, 2.05) is 13.8 Å². The molecular weight excluding hydrogens is 436 g/mol. The summed E-state index contributed by atoms with van der Waals surface area (Å²) >= 11 is 1.16. The Balaban J connectivity index is 1.90. The van der Waals surface area contributed by atoms with E-state index in [4.69, 9.17) is 9.47 Å². The first kappa shape index (κ1) is 25.3. The number of hydrogen-bond acceptors (Lipinski definition) is 5. The van der Waals surface area contributed by atoms with Crippen LogP contribution >= 0.6 is 11.3 Å². The molecule has 2 amide bonds. The molecule has 1 heterocycles. The van der Waals surface area contributed by atoms with Gasteiger partial charge >= 0.3 is 0 Å². The molecule has 0 aliphatic heterocycles. The number of nitrogens with one attached hydrogen (secondary N) is 2. The van der Waals surface area contributed by atoms with Crippen LogP contribution in [0.2, 0.25) is 0 Å². The molecule has 0 saturated carbocycles. The SMILES string of the molecule is CCCOc1c(C(=O)NC2=CCCCCC2)sc(C(=O)NC2=CCCCCC2)c1OCCC. The molecule has 0 radical (unpaired) electrons. The highest BCUT2D eigenvalue weighted by atomic mass is 32.1. The van der Waals surface area contributed by atoms with E-state index in [0.29, 0.717) is 34.5 Å². The molecule has 33 heavy (non-hydrogen) atoms. The predicted octanol–water partition coefficient (Wildman–Crippen LogP) is 6.48. The molecule has 1 aromatic rings. The highest BCUT2D eigenvalue weighted by molar-refractivity contribution is 7.16. The minimum atomic E-state index is -0.228. The van der Waals surface area contributed by atoms with Gasteiger partial charge in [0.2, 0.25) is 0 Å². The van der Waals surface area contributed by atoms with Crippen LogP contribution in [0, 0.1) is 0 Å². The molecular formula is C26H38N2O4S. The van der Waals surface area contributed by atoms with E-state index in [2.05, 4.69) is 22.8 Å². The Labute approximate surface area is 201 Å². The number of carbonyl (C=O) groups is 2. The van der Waals surface area contributed by atoms with Crippen molar-refractivity contribution in [1.82, 2.24) is 10.6 Å². The van der Waals surface area contributed by atoms with Gasteiger partial charge in [0.25, 0.3) is 11.8 Å². The van der Waals surface area contributed by atoms with Gasteiger partial charge in [0.15, 0.2) is 11.5 Å². The fourth-order valence-corrected chi connectivity index (χ4v) is 5.01. The van der Waals surface area contributed by atoms with Crippen LogP contribution in [0.4, 0.5) is 0 Å². The average Bonchev–Trinajstić information content (AvgIpc) is 3.00. The van der Waals surface area contributed by atoms with Gasteiger partial charge in [-0.2, -0.15) is 0 Å². The molecule has 7 heteroatoms. The topological polar surface area (TPSA) is 76.7 Å². The summed E-state index contributed by atoms with van der Waals surface area (Å²) in [7, 11) is 0. The Morgan fingerprint density at radius 3 is 1.64 bits per heavy atom. The maximum atomic E-state index is 13.3. The molecule has 0 saturated heterocycles. The minimum Gasteiger partial charge on any atom is -0.488 e. The lowest BCUT2D eigenvalue weighted by Gasteiger charge is -2.12. The van der Waals surface area contributed by atoms with Gasteiger partial charge < -0.3 is 20.1 Å². The smallest absolute Gasteiger partial charge is 0.269 e. The van der Waals surface area contributed by atoms with Crippen LogP contribution in [0.3, 0.4) is 0 Å². The summed E-state index contributed by atoms with van der Waals surface area (Å²) in [5, 5.41) is 6.14. The van der Waals surface area contributed by atoms with Crippen LogP contribution in [0.15, 0.2) is 23.5 Å². The zero-order valence-corrected chi connectivity index (χ0v) is 20.9.